The second-order valence-electron chi connectivity index (χ2n) is 6.31. The third kappa shape index (κ3) is 4.26. The monoisotopic (exact) mass is 396 g/mol. The topological polar surface area (TPSA) is 63.7 Å². The highest BCUT2D eigenvalue weighted by Gasteiger charge is 2.31. The lowest BCUT2D eigenvalue weighted by molar-refractivity contribution is -0.274. The number of pyridine rings is 2. The van der Waals surface area contributed by atoms with E-state index in [-0.39, 0.29) is 5.75 Å². The molecule has 0 saturated carbocycles. The summed E-state index contributed by atoms with van der Waals surface area (Å²) in [5.41, 5.74) is 5.33. The van der Waals surface area contributed by atoms with E-state index in [0.717, 1.165) is 22.5 Å². The summed E-state index contributed by atoms with van der Waals surface area (Å²) in [5.74, 6) is -0.278. The summed E-state index contributed by atoms with van der Waals surface area (Å²) in [6.45, 7) is 1.91. The summed E-state index contributed by atoms with van der Waals surface area (Å²) in [6.07, 6.45) is -1.30. The molecule has 1 aromatic carbocycles. The Bertz CT molecular complexity index is 1140. The molecule has 0 aliphatic heterocycles. The molecule has 4 rings (SSSR count). The molecule has 29 heavy (non-hydrogen) atoms. The summed E-state index contributed by atoms with van der Waals surface area (Å²) in [6, 6.07) is 15.0. The predicted octanol–water partition coefficient (Wildman–Crippen LogP) is 5.41. The standard InChI is InChI=1S/C21H15F3N4O/c1-13-3-2-4-18(27-13)20-17(12-26-28-20)15-9-10-25-19(11-15)14-5-7-16(8-6-14)29-21(22,23)24/h2-12H,1H3,(H,26,28). The number of hydrogen-bond donors (Lipinski definition) is 1. The molecule has 4 aromatic rings. The van der Waals surface area contributed by atoms with Gasteiger partial charge < -0.3 is 4.74 Å². The van der Waals surface area contributed by atoms with E-state index in [9.17, 15) is 13.2 Å². The summed E-state index contributed by atoms with van der Waals surface area (Å²) in [7, 11) is 0. The van der Waals surface area contributed by atoms with Gasteiger partial charge in [-0.05, 0) is 61.0 Å². The number of benzene rings is 1. The van der Waals surface area contributed by atoms with Crippen LogP contribution in [0.1, 0.15) is 5.69 Å². The van der Waals surface area contributed by atoms with Crippen molar-refractivity contribution in [1.82, 2.24) is 20.2 Å². The lowest BCUT2D eigenvalue weighted by atomic mass is 10.0. The highest BCUT2D eigenvalue weighted by atomic mass is 19.4. The third-order valence-electron chi connectivity index (χ3n) is 4.23. The maximum atomic E-state index is 12.3. The van der Waals surface area contributed by atoms with Gasteiger partial charge in [-0.1, -0.05) is 6.07 Å². The first kappa shape index (κ1) is 18.7. The van der Waals surface area contributed by atoms with E-state index in [1.807, 2.05) is 37.3 Å². The second-order valence-corrected chi connectivity index (χ2v) is 6.31. The zero-order valence-electron chi connectivity index (χ0n) is 15.2. The lowest BCUT2D eigenvalue weighted by Crippen LogP contribution is -2.16. The van der Waals surface area contributed by atoms with E-state index < -0.39 is 6.36 Å². The molecule has 0 atom stereocenters. The Labute approximate surface area is 164 Å². The minimum Gasteiger partial charge on any atom is -0.406 e. The van der Waals surface area contributed by atoms with Gasteiger partial charge in [0, 0.05) is 29.2 Å². The van der Waals surface area contributed by atoms with Gasteiger partial charge in [0.15, 0.2) is 0 Å². The number of aromatic nitrogens is 4. The molecule has 0 unspecified atom stereocenters. The highest BCUT2D eigenvalue weighted by Crippen LogP contribution is 2.32. The molecule has 0 saturated heterocycles. The molecule has 0 spiro atoms. The largest absolute Gasteiger partial charge is 0.573 e. The van der Waals surface area contributed by atoms with Crippen LogP contribution < -0.4 is 4.74 Å². The Balaban J connectivity index is 1.66. The summed E-state index contributed by atoms with van der Waals surface area (Å²) < 4.78 is 40.9. The number of alkyl halides is 3. The Kier molecular flexibility index (Phi) is 4.75. The van der Waals surface area contributed by atoms with Crippen molar-refractivity contribution in [3.05, 3.63) is 72.7 Å². The number of nitrogens with one attached hydrogen (secondary N) is 1. The minimum absolute atomic E-state index is 0.278. The SMILES string of the molecule is Cc1cccc(-c2n[nH]cc2-c2ccnc(-c3ccc(OC(F)(F)F)cc3)c2)n1. The van der Waals surface area contributed by atoms with E-state index in [1.54, 1.807) is 12.4 Å². The molecule has 0 aliphatic carbocycles. The number of halogens is 3. The first-order valence-electron chi connectivity index (χ1n) is 8.69. The molecule has 8 heteroatoms. The van der Waals surface area contributed by atoms with Crippen LogP contribution in [-0.2, 0) is 0 Å². The number of H-pyrrole nitrogens is 1. The van der Waals surface area contributed by atoms with Crippen LogP contribution in [0.4, 0.5) is 13.2 Å². The maximum Gasteiger partial charge on any atom is 0.573 e. The van der Waals surface area contributed by atoms with Crippen LogP contribution in [0.3, 0.4) is 0 Å². The van der Waals surface area contributed by atoms with Crippen molar-refractivity contribution in [2.75, 3.05) is 0 Å². The average molecular weight is 396 g/mol. The van der Waals surface area contributed by atoms with E-state index in [4.69, 9.17) is 0 Å². The molecule has 0 amide bonds. The van der Waals surface area contributed by atoms with Crippen LogP contribution in [0.25, 0.3) is 33.8 Å². The Morgan fingerprint density at radius 3 is 2.45 bits per heavy atom. The number of ether oxygens (including phenoxy) is 1. The van der Waals surface area contributed by atoms with Crippen LogP contribution in [0, 0.1) is 6.92 Å². The molecule has 146 valence electrons. The van der Waals surface area contributed by atoms with Crippen LogP contribution in [0.15, 0.2) is 67.0 Å². The Morgan fingerprint density at radius 2 is 1.72 bits per heavy atom. The van der Waals surface area contributed by atoms with Gasteiger partial charge in [-0.15, -0.1) is 13.2 Å². The van der Waals surface area contributed by atoms with Crippen molar-refractivity contribution in [2.45, 2.75) is 13.3 Å². The number of aryl methyl sites for hydroxylation is 1. The smallest absolute Gasteiger partial charge is 0.406 e. The van der Waals surface area contributed by atoms with Crippen LogP contribution in [-0.4, -0.2) is 26.5 Å². The zero-order chi connectivity index (χ0) is 20.4. The quantitative estimate of drug-likeness (QED) is 0.501. The normalized spacial score (nSPS) is 11.4. The van der Waals surface area contributed by atoms with Crippen molar-refractivity contribution in [3.63, 3.8) is 0 Å². The van der Waals surface area contributed by atoms with Gasteiger partial charge in [0.2, 0.25) is 0 Å². The fourth-order valence-electron chi connectivity index (χ4n) is 2.96. The van der Waals surface area contributed by atoms with Gasteiger partial charge in [0.1, 0.15) is 11.4 Å². The van der Waals surface area contributed by atoms with E-state index in [1.165, 1.54) is 24.3 Å². The number of nitrogens with zero attached hydrogens (tertiary/aromatic N) is 3. The zero-order valence-corrected chi connectivity index (χ0v) is 15.2. The van der Waals surface area contributed by atoms with Crippen LogP contribution in [0.2, 0.25) is 0 Å². The van der Waals surface area contributed by atoms with Gasteiger partial charge in [-0.25, -0.2) is 0 Å². The molecule has 5 nitrogen and oxygen atoms in total. The van der Waals surface area contributed by atoms with Gasteiger partial charge in [0.25, 0.3) is 0 Å². The van der Waals surface area contributed by atoms with E-state index in [0.29, 0.717) is 17.0 Å². The number of hydrogen-bond acceptors (Lipinski definition) is 4. The van der Waals surface area contributed by atoms with Crippen molar-refractivity contribution in [2.24, 2.45) is 0 Å². The first-order valence-corrected chi connectivity index (χ1v) is 8.69. The molecular formula is C21H15F3N4O. The first-order chi connectivity index (χ1) is 13.9. The highest BCUT2D eigenvalue weighted by molar-refractivity contribution is 5.80. The summed E-state index contributed by atoms with van der Waals surface area (Å²) in [4.78, 5) is 8.85. The molecule has 0 fully saturated rings. The van der Waals surface area contributed by atoms with Gasteiger partial charge in [0.05, 0.1) is 11.4 Å². The van der Waals surface area contributed by atoms with Crippen LogP contribution in [0.5, 0.6) is 5.75 Å². The molecule has 0 bridgehead atoms. The minimum atomic E-state index is -4.72. The lowest BCUT2D eigenvalue weighted by Gasteiger charge is -2.09. The van der Waals surface area contributed by atoms with Gasteiger partial charge >= 0.3 is 6.36 Å². The predicted molar refractivity (Wildman–Crippen MR) is 102 cm³/mol. The fraction of sp³-hybridized carbons (Fsp3) is 0.0952. The van der Waals surface area contributed by atoms with Crippen molar-refractivity contribution in [3.8, 4) is 39.5 Å². The van der Waals surface area contributed by atoms with E-state index in [2.05, 4.69) is 24.9 Å². The Morgan fingerprint density at radius 1 is 0.931 bits per heavy atom. The molecule has 0 radical (unpaired) electrons. The van der Waals surface area contributed by atoms with Gasteiger partial charge in [-0.2, -0.15) is 5.10 Å². The Hall–Kier alpha value is -3.68. The molecule has 1 N–H and O–H groups in total. The molecule has 0 aliphatic rings. The van der Waals surface area contributed by atoms with Crippen LogP contribution >= 0.6 is 0 Å². The number of aromatic amines is 1. The molecule has 3 aromatic heterocycles. The van der Waals surface area contributed by atoms with E-state index >= 15 is 0 Å². The van der Waals surface area contributed by atoms with Crippen molar-refractivity contribution in [1.29, 1.82) is 0 Å². The maximum absolute atomic E-state index is 12.3. The van der Waals surface area contributed by atoms with Crippen molar-refractivity contribution >= 4 is 0 Å². The number of rotatable bonds is 4. The fourth-order valence-corrected chi connectivity index (χ4v) is 2.96. The average Bonchev–Trinajstić information content (AvgIpc) is 3.17. The third-order valence-corrected chi connectivity index (χ3v) is 4.23. The molecule has 3 heterocycles. The summed E-state index contributed by atoms with van der Waals surface area (Å²) >= 11 is 0. The van der Waals surface area contributed by atoms with Gasteiger partial charge in [-0.3, -0.25) is 15.1 Å². The second kappa shape index (κ2) is 7.38. The molecular weight excluding hydrogens is 381 g/mol. The van der Waals surface area contributed by atoms with Crippen molar-refractivity contribution < 1.29 is 17.9 Å². The summed E-state index contributed by atoms with van der Waals surface area (Å²) in [5, 5.41) is 7.19.